The summed E-state index contributed by atoms with van der Waals surface area (Å²) in [6.07, 6.45) is 0.777. The maximum absolute atomic E-state index is 12.3. The first-order valence-corrected chi connectivity index (χ1v) is 8.85. The van der Waals surface area contributed by atoms with E-state index in [1.807, 2.05) is 27.7 Å². The Hall–Kier alpha value is -1.40. The minimum atomic E-state index is -3.62. The molecule has 0 bridgehead atoms. The van der Waals surface area contributed by atoms with Gasteiger partial charge in [0.25, 0.3) is 0 Å². The molecule has 0 aliphatic carbocycles. The second kappa shape index (κ2) is 7.24. The number of carboxylic acids is 1. The SMILES string of the molecule is CCc1ccc(S(=O)(=O)NCC(CC(=O)O)C(C)(C)C)cc1. The van der Waals surface area contributed by atoms with Crippen LogP contribution in [0.5, 0.6) is 0 Å². The van der Waals surface area contributed by atoms with Crippen LogP contribution < -0.4 is 4.72 Å². The van der Waals surface area contributed by atoms with E-state index in [9.17, 15) is 13.2 Å². The number of nitrogens with one attached hydrogen (secondary N) is 1. The number of sulfonamides is 1. The third kappa shape index (κ3) is 5.42. The van der Waals surface area contributed by atoms with Crippen LogP contribution in [-0.2, 0) is 21.2 Å². The van der Waals surface area contributed by atoms with Gasteiger partial charge in [-0.05, 0) is 35.4 Å². The predicted molar refractivity (Wildman–Crippen MR) is 86.2 cm³/mol. The molecule has 2 N–H and O–H groups in total. The van der Waals surface area contributed by atoms with E-state index in [0.29, 0.717) is 0 Å². The fourth-order valence-corrected chi connectivity index (χ4v) is 3.17. The number of aryl methyl sites for hydroxylation is 1. The summed E-state index contributed by atoms with van der Waals surface area (Å²) in [5.74, 6) is -1.21. The Labute approximate surface area is 132 Å². The molecule has 0 saturated carbocycles. The van der Waals surface area contributed by atoms with Crippen LogP contribution in [0, 0.1) is 11.3 Å². The number of carboxylic acid groups (broad SMARTS) is 1. The van der Waals surface area contributed by atoms with E-state index < -0.39 is 16.0 Å². The molecule has 0 aliphatic rings. The monoisotopic (exact) mass is 327 g/mol. The maximum Gasteiger partial charge on any atom is 0.303 e. The molecule has 0 saturated heterocycles. The molecule has 124 valence electrons. The number of hydrogen-bond donors (Lipinski definition) is 2. The zero-order valence-electron chi connectivity index (χ0n) is 13.6. The lowest BCUT2D eigenvalue weighted by Gasteiger charge is -2.29. The summed E-state index contributed by atoms with van der Waals surface area (Å²) in [7, 11) is -3.62. The van der Waals surface area contributed by atoms with Gasteiger partial charge in [0.1, 0.15) is 0 Å². The van der Waals surface area contributed by atoms with E-state index in [1.165, 1.54) is 0 Å². The van der Waals surface area contributed by atoms with Crippen LogP contribution in [0.2, 0.25) is 0 Å². The molecule has 1 rings (SSSR count). The first-order valence-electron chi connectivity index (χ1n) is 7.36. The third-order valence-corrected chi connectivity index (χ3v) is 5.25. The van der Waals surface area contributed by atoms with Crippen LogP contribution in [0.4, 0.5) is 0 Å². The van der Waals surface area contributed by atoms with Gasteiger partial charge in [0.05, 0.1) is 4.90 Å². The van der Waals surface area contributed by atoms with Crippen molar-refractivity contribution in [1.82, 2.24) is 4.72 Å². The molecule has 1 atom stereocenters. The summed E-state index contributed by atoms with van der Waals surface area (Å²) in [4.78, 5) is 11.1. The van der Waals surface area contributed by atoms with E-state index in [-0.39, 0.29) is 29.2 Å². The minimum Gasteiger partial charge on any atom is -0.481 e. The second-order valence-corrected chi connectivity index (χ2v) is 8.28. The zero-order chi connectivity index (χ0) is 17.0. The van der Waals surface area contributed by atoms with Gasteiger partial charge in [0.2, 0.25) is 10.0 Å². The molecule has 0 fully saturated rings. The highest BCUT2D eigenvalue weighted by Gasteiger charge is 2.28. The molecule has 0 aromatic heterocycles. The van der Waals surface area contributed by atoms with Gasteiger partial charge in [-0.1, -0.05) is 39.8 Å². The lowest BCUT2D eigenvalue weighted by molar-refractivity contribution is -0.139. The molecule has 0 heterocycles. The van der Waals surface area contributed by atoms with Gasteiger partial charge in [-0.25, -0.2) is 13.1 Å². The predicted octanol–water partition coefficient (Wildman–Crippen LogP) is 2.66. The summed E-state index contributed by atoms with van der Waals surface area (Å²) in [6.45, 7) is 7.83. The summed E-state index contributed by atoms with van der Waals surface area (Å²) in [5.41, 5.74) is 0.768. The molecule has 6 heteroatoms. The Balaban J connectivity index is 2.84. The molecule has 0 amide bonds. The van der Waals surface area contributed by atoms with Crippen molar-refractivity contribution in [2.45, 2.75) is 45.4 Å². The summed E-state index contributed by atoms with van der Waals surface area (Å²) < 4.78 is 27.1. The van der Waals surface area contributed by atoms with Crippen molar-refractivity contribution in [2.24, 2.45) is 11.3 Å². The highest BCUT2D eigenvalue weighted by molar-refractivity contribution is 7.89. The van der Waals surface area contributed by atoms with Gasteiger partial charge in [-0.15, -0.1) is 0 Å². The molecule has 0 spiro atoms. The van der Waals surface area contributed by atoms with Crippen molar-refractivity contribution in [2.75, 3.05) is 6.54 Å². The van der Waals surface area contributed by atoms with E-state index in [4.69, 9.17) is 5.11 Å². The third-order valence-electron chi connectivity index (χ3n) is 3.81. The Kier molecular flexibility index (Phi) is 6.14. The zero-order valence-corrected chi connectivity index (χ0v) is 14.4. The molecule has 1 aromatic rings. The maximum atomic E-state index is 12.3. The molecule has 0 radical (unpaired) electrons. The number of rotatable bonds is 7. The van der Waals surface area contributed by atoms with Crippen LogP contribution in [0.25, 0.3) is 0 Å². The van der Waals surface area contributed by atoms with Crippen molar-refractivity contribution < 1.29 is 18.3 Å². The smallest absolute Gasteiger partial charge is 0.303 e. The van der Waals surface area contributed by atoms with Crippen molar-refractivity contribution in [3.63, 3.8) is 0 Å². The van der Waals surface area contributed by atoms with Crippen molar-refractivity contribution >= 4 is 16.0 Å². The lowest BCUT2D eigenvalue weighted by Crippen LogP contribution is -2.36. The average molecular weight is 327 g/mol. The number of benzene rings is 1. The molecule has 0 aliphatic heterocycles. The molecule has 1 aromatic carbocycles. The highest BCUT2D eigenvalue weighted by Crippen LogP contribution is 2.28. The fourth-order valence-electron chi connectivity index (χ4n) is 2.09. The summed E-state index contributed by atoms with van der Waals surface area (Å²) >= 11 is 0. The fraction of sp³-hybridized carbons (Fsp3) is 0.562. The summed E-state index contributed by atoms with van der Waals surface area (Å²) in [6, 6.07) is 6.72. The first kappa shape index (κ1) is 18.6. The molecule has 1 unspecified atom stereocenters. The quantitative estimate of drug-likeness (QED) is 0.806. The van der Waals surface area contributed by atoms with Crippen molar-refractivity contribution in [1.29, 1.82) is 0 Å². The first-order chi connectivity index (χ1) is 10.1. The van der Waals surface area contributed by atoms with E-state index in [2.05, 4.69) is 4.72 Å². The molecular weight excluding hydrogens is 302 g/mol. The van der Waals surface area contributed by atoms with Crippen LogP contribution >= 0.6 is 0 Å². The van der Waals surface area contributed by atoms with Crippen LogP contribution in [0.3, 0.4) is 0 Å². The van der Waals surface area contributed by atoms with Gasteiger partial charge in [-0.2, -0.15) is 0 Å². The minimum absolute atomic E-state index is 0.0687. The van der Waals surface area contributed by atoms with E-state index in [0.717, 1.165) is 12.0 Å². The van der Waals surface area contributed by atoms with Crippen LogP contribution in [0.15, 0.2) is 29.2 Å². The normalized spacial score (nSPS) is 13.8. The van der Waals surface area contributed by atoms with E-state index >= 15 is 0 Å². The Bertz CT molecular complexity index is 600. The number of aliphatic carboxylic acids is 1. The summed E-state index contributed by atoms with van der Waals surface area (Å²) in [5, 5.41) is 8.97. The topological polar surface area (TPSA) is 83.5 Å². The van der Waals surface area contributed by atoms with Gasteiger partial charge in [0.15, 0.2) is 0 Å². The molecule has 5 nitrogen and oxygen atoms in total. The lowest BCUT2D eigenvalue weighted by atomic mass is 9.79. The van der Waals surface area contributed by atoms with Crippen molar-refractivity contribution in [3.8, 4) is 0 Å². The van der Waals surface area contributed by atoms with Gasteiger partial charge in [-0.3, -0.25) is 4.79 Å². The standard InChI is InChI=1S/C16H25NO4S/c1-5-12-6-8-14(9-7-12)22(20,21)17-11-13(10-15(18)19)16(2,3)4/h6-9,13,17H,5,10-11H2,1-4H3,(H,18,19). The largest absolute Gasteiger partial charge is 0.481 e. The van der Waals surface area contributed by atoms with Gasteiger partial charge in [0, 0.05) is 13.0 Å². The Morgan fingerprint density at radius 1 is 1.23 bits per heavy atom. The molecule has 22 heavy (non-hydrogen) atoms. The number of carbonyl (C=O) groups is 1. The van der Waals surface area contributed by atoms with Crippen molar-refractivity contribution in [3.05, 3.63) is 29.8 Å². The average Bonchev–Trinajstić information content (AvgIpc) is 2.42. The van der Waals surface area contributed by atoms with E-state index in [1.54, 1.807) is 24.3 Å². The Morgan fingerprint density at radius 2 is 1.77 bits per heavy atom. The van der Waals surface area contributed by atoms with Crippen LogP contribution in [0.1, 0.15) is 39.7 Å². The highest BCUT2D eigenvalue weighted by atomic mass is 32.2. The molecular formula is C16H25NO4S. The second-order valence-electron chi connectivity index (χ2n) is 6.51. The van der Waals surface area contributed by atoms with Gasteiger partial charge < -0.3 is 5.11 Å². The Morgan fingerprint density at radius 3 is 2.18 bits per heavy atom. The van der Waals surface area contributed by atoms with Gasteiger partial charge >= 0.3 is 5.97 Å². The van der Waals surface area contributed by atoms with Crippen LogP contribution in [-0.4, -0.2) is 26.0 Å². The number of hydrogen-bond acceptors (Lipinski definition) is 3.